The monoisotopic (exact) mass is 387 g/mol. The van der Waals surface area contributed by atoms with Gasteiger partial charge in [-0.3, -0.25) is 4.90 Å². The van der Waals surface area contributed by atoms with Gasteiger partial charge >= 0.3 is 0 Å². The van der Waals surface area contributed by atoms with Gasteiger partial charge in [-0.25, -0.2) is 0 Å². The fourth-order valence-corrected chi connectivity index (χ4v) is 3.13. The zero-order valence-corrected chi connectivity index (χ0v) is 16.8. The smallest absolute Gasteiger partial charge is 0.0406 e. The maximum absolute atomic E-state index is 6.00. The Morgan fingerprint density at radius 3 is 1.64 bits per heavy atom. The molecule has 0 unspecified atom stereocenters. The first kappa shape index (κ1) is 20.1. The van der Waals surface area contributed by atoms with Gasteiger partial charge in [0.2, 0.25) is 0 Å². The van der Waals surface area contributed by atoms with E-state index in [0.717, 1.165) is 31.1 Å². The van der Waals surface area contributed by atoms with Crippen LogP contribution in [0, 0.1) is 0 Å². The molecule has 142 valence electrons. The van der Waals surface area contributed by atoms with Crippen molar-refractivity contribution in [2.75, 3.05) is 19.6 Å². The van der Waals surface area contributed by atoms with Gasteiger partial charge in [-0.15, -0.1) is 0 Å². The molecule has 0 radical (unpaired) electrons. The lowest BCUT2D eigenvalue weighted by molar-refractivity contribution is 0.340. The molecule has 0 aromatic heterocycles. The summed E-state index contributed by atoms with van der Waals surface area (Å²) >= 11 is 6.00. The van der Waals surface area contributed by atoms with Crippen molar-refractivity contribution in [3.8, 4) is 0 Å². The van der Waals surface area contributed by atoms with Crippen molar-refractivity contribution in [1.29, 1.82) is 0 Å². The molecule has 0 saturated carbocycles. The van der Waals surface area contributed by atoms with E-state index in [0.29, 0.717) is 0 Å². The number of benzene rings is 3. The van der Waals surface area contributed by atoms with Gasteiger partial charge in [0.1, 0.15) is 0 Å². The van der Waals surface area contributed by atoms with E-state index in [1.165, 1.54) is 16.7 Å². The van der Waals surface area contributed by atoms with E-state index in [2.05, 4.69) is 89.9 Å². The van der Waals surface area contributed by atoms with Gasteiger partial charge in [0.05, 0.1) is 0 Å². The van der Waals surface area contributed by atoms with Gasteiger partial charge in [-0.1, -0.05) is 109 Å². The third-order valence-corrected chi connectivity index (χ3v) is 4.83. The molecule has 28 heavy (non-hydrogen) atoms. The molecule has 0 bridgehead atoms. The van der Waals surface area contributed by atoms with Crippen LogP contribution in [-0.4, -0.2) is 24.5 Å². The Kier molecular flexibility index (Phi) is 8.11. The van der Waals surface area contributed by atoms with Crippen LogP contribution < -0.4 is 0 Å². The van der Waals surface area contributed by atoms with Gasteiger partial charge in [0.15, 0.2) is 0 Å². The van der Waals surface area contributed by atoms with E-state index < -0.39 is 0 Å². The minimum Gasteiger partial charge on any atom is -0.296 e. The molecule has 0 spiro atoms. The quantitative estimate of drug-likeness (QED) is 0.399. The molecule has 3 rings (SSSR count). The lowest BCUT2D eigenvalue weighted by Crippen LogP contribution is -2.26. The normalized spacial score (nSPS) is 11.6. The van der Waals surface area contributed by atoms with Crippen LogP contribution in [-0.2, 0) is 6.42 Å². The fourth-order valence-electron chi connectivity index (χ4n) is 3.00. The van der Waals surface area contributed by atoms with Crippen LogP contribution in [0.1, 0.15) is 16.7 Å². The van der Waals surface area contributed by atoms with Gasteiger partial charge in [-0.2, -0.15) is 0 Å². The number of hydrogen-bond acceptors (Lipinski definition) is 1. The summed E-state index contributed by atoms with van der Waals surface area (Å²) in [5.41, 5.74) is 3.79. The van der Waals surface area contributed by atoms with Crippen LogP contribution in [0.4, 0.5) is 0 Å². The molecule has 2 heteroatoms. The van der Waals surface area contributed by atoms with E-state index >= 15 is 0 Å². The molecule has 0 atom stereocenters. The Bertz CT molecular complexity index is 816. The molecule has 0 N–H and O–H groups in total. The SMILES string of the molecule is Clc1ccc(CCN(C/C=C/c2ccccc2)C/C=C/c2ccccc2)cc1. The summed E-state index contributed by atoms with van der Waals surface area (Å²) in [6, 6.07) is 29.0. The van der Waals surface area contributed by atoms with E-state index in [9.17, 15) is 0 Å². The largest absolute Gasteiger partial charge is 0.296 e. The van der Waals surface area contributed by atoms with Gasteiger partial charge in [0, 0.05) is 24.7 Å². The standard InChI is InChI=1S/C26H26ClN/c27-26-17-15-25(16-18-26)19-22-28(20-7-13-23-9-3-1-4-10-23)21-8-14-24-11-5-2-6-12-24/h1-18H,19-22H2/b13-7+,14-8+. The zero-order valence-electron chi connectivity index (χ0n) is 16.0. The first-order valence-corrected chi connectivity index (χ1v) is 10.1. The van der Waals surface area contributed by atoms with Crippen LogP contribution in [0.25, 0.3) is 12.2 Å². The Labute approximate surface area is 173 Å². The van der Waals surface area contributed by atoms with Gasteiger partial charge in [-0.05, 0) is 35.2 Å². The molecule has 3 aromatic carbocycles. The van der Waals surface area contributed by atoms with Crippen molar-refractivity contribution in [3.05, 3.63) is 119 Å². The van der Waals surface area contributed by atoms with Crippen molar-refractivity contribution in [2.45, 2.75) is 6.42 Å². The van der Waals surface area contributed by atoms with Crippen molar-refractivity contribution in [3.63, 3.8) is 0 Å². The summed E-state index contributed by atoms with van der Waals surface area (Å²) in [5.74, 6) is 0. The maximum Gasteiger partial charge on any atom is 0.0406 e. The Balaban J connectivity index is 1.59. The highest BCUT2D eigenvalue weighted by molar-refractivity contribution is 6.30. The number of nitrogens with zero attached hydrogens (tertiary/aromatic N) is 1. The number of halogens is 1. The van der Waals surface area contributed by atoms with E-state index in [1.54, 1.807) is 0 Å². The highest BCUT2D eigenvalue weighted by Gasteiger charge is 2.02. The van der Waals surface area contributed by atoms with E-state index in [4.69, 9.17) is 11.6 Å². The third kappa shape index (κ3) is 7.19. The molecular formula is C26H26ClN. The van der Waals surface area contributed by atoms with Gasteiger partial charge < -0.3 is 0 Å². The molecule has 1 nitrogen and oxygen atoms in total. The summed E-state index contributed by atoms with van der Waals surface area (Å²) in [7, 11) is 0. The van der Waals surface area contributed by atoms with Crippen molar-refractivity contribution >= 4 is 23.8 Å². The minimum atomic E-state index is 0.789. The molecule has 0 amide bonds. The Hall–Kier alpha value is -2.61. The molecule has 0 aliphatic heterocycles. The van der Waals surface area contributed by atoms with Crippen LogP contribution >= 0.6 is 11.6 Å². The van der Waals surface area contributed by atoms with E-state index in [1.807, 2.05) is 24.3 Å². The highest BCUT2D eigenvalue weighted by Crippen LogP contribution is 2.11. The second kappa shape index (κ2) is 11.3. The van der Waals surface area contributed by atoms with Crippen LogP contribution in [0.15, 0.2) is 97.1 Å². The molecule has 0 heterocycles. The zero-order chi connectivity index (χ0) is 19.4. The Morgan fingerprint density at radius 1 is 0.643 bits per heavy atom. The van der Waals surface area contributed by atoms with Crippen LogP contribution in [0.3, 0.4) is 0 Å². The molecule has 0 aliphatic carbocycles. The second-order valence-electron chi connectivity index (χ2n) is 6.76. The summed E-state index contributed by atoms with van der Waals surface area (Å²) < 4.78 is 0. The average molecular weight is 388 g/mol. The lowest BCUT2D eigenvalue weighted by atomic mass is 10.1. The average Bonchev–Trinajstić information content (AvgIpc) is 2.74. The third-order valence-electron chi connectivity index (χ3n) is 4.58. The summed E-state index contributed by atoms with van der Waals surface area (Å²) in [5, 5.41) is 0.789. The second-order valence-corrected chi connectivity index (χ2v) is 7.20. The highest BCUT2D eigenvalue weighted by atomic mass is 35.5. The maximum atomic E-state index is 6.00. The summed E-state index contributed by atoms with van der Waals surface area (Å²) in [4.78, 5) is 2.45. The molecule has 3 aromatic rings. The van der Waals surface area contributed by atoms with Crippen molar-refractivity contribution in [2.24, 2.45) is 0 Å². The van der Waals surface area contributed by atoms with E-state index in [-0.39, 0.29) is 0 Å². The minimum absolute atomic E-state index is 0.789. The predicted molar refractivity (Wildman–Crippen MR) is 123 cm³/mol. The predicted octanol–water partition coefficient (Wildman–Crippen LogP) is 6.61. The molecule has 0 saturated heterocycles. The molecule has 0 aliphatic rings. The fraction of sp³-hybridized carbons (Fsp3) is 0.154. The van der Waals surface area contributed by atoms with Crippen molar-refractivity contribution < 1.29 is 0 Å². The first-order chi connectivity index (χ1) is 13.8. The Morgan fingerprint density at radius 2 is 1.14 bits per heavy atom. The summed E-state index contributed by atoms with van der Waals surface area (Å²) in [6.07, 6.45) is 9.88. The molecule has 0 fully saturated rings. The molecular weight excluding hydrogens is 362 g/mol. The summed E-state index contributed by atoms with van der Waals surface area (Å²) in [6.45, 7) is 2.84. The lowest BCUT2D eigenvalue weighted by Gasteiger charge is -2.19. The topological polar surface area (TPSA) is 3.24 Å². The van der Waals surface area contributed by atoms with Crippen LogP contribution in [0.2, 0.25) is 5.02 Å². The van der Waals surface area contributed by atoms with Crippen molar-refractivity contribution in [1.82, 2.24) is 4.90 Å². The number of rotatable bonds is 9. The number of hydrogen-bond donors (Lipinski definition) is 0. The first-order valence-electron chi connectivity index (χ1n) is 9.69. The van der Waals surface area contributed by atoms with Crippen LogP contribution in [0.5, 0.6) is 0 Å². The van der Waals surface area contributed by atoms with Gasteiger partial charge in [0.25, 0.3) is 0 Å².